The zero-order valence-electron chi connectivity index (χ0n) is 7.33. The van der Waals surface area contributed by atoms with E-state index in [2.05, 4.69) is 0 Å². The van der Waals surface area contributed by atoms with Crippen LogP contribution in [0.25, 0.3) is 0 Å². The van der Waals surface area contributed by atoms with E-state index in [9.17, 15) is 8.42 Å². The number of benzene rings is 1. The highest BCUT2D eigenvalue weighted by Crippen LogP contribution is 2.26. The molecular weight excluding hydrogens is 247 g/mol. The molecule has 3 nitrogen and oxygen atoms in total. The fraction of sp³-hybridized carbons (Fsp3) is 0.250. The molecule has 0 aromatic heterocycles. The van der Waals surface area contributed by atoms with Crippen LogP contribution < -0.4 is 4.18 Å². The van der Waals surface area contributed by atoms with Crippen molar-refractivity contribution in [2.75, 3.05) is 5.75 Å². The van der Waals surface area contributed by atoms with Crippen LogP contribution in [-0.4, -0.2) is 14.2 Å². The Bertz CT molecular complexity index is 428. The molecule has 0 heterocycles. The molecule has 0 N–H and O–H groups in total. The molecule has 0 saturated carbocycles. The Hall–Kier alpha value is -0.450. The Balaban J connectivity index is 2.94. The minimum Gasteiger partial charge on any atom is -0.382 e. The normalized spacial score (nSPS) is 11.4. The van der Waals surface area contributed by atoms with Gasteiger partial charge in [0.2, 0.25) is 0 Å². The van der Waals surface area contributed by atoms with Gasteiger partial charge in [0, 0.05) is 6.07 Å². The van der Waals surface area contributed by atoms with Crippen LogP contribution in [0.15, 0.2) is 18.2 Å². The van der Waals surface area contributed by atoms with Crippen LogP contribution in [0, 0.1) is 0 Å². The molecule has 0 aliphatic heterocycles. The van der Waals surface area contributed by atoms with Crippen molar-refractivity contribution < 1.29 is 12.6 Å². The third-order valence-corrected chi connectivity index (χ3v) is 3.36. The van der Waals surface area contributed by atoms with Crippen LogP contribution in [0.5, 0.6) is 5.75 Å². The minimum absolute atomic E-state index is 0.0900. The van der Waals surface area contributed by atoms with Gasteiger partial charge in [-0.3, -0.25) is 0 Å². The first kappa shape index (κ1) is 11.6. The van der Waals surface area contributed by atoms with Crippen molar-refractivity contribution in [3.05, 3.63) is 28.2 Å². The lowest BCUT2D eigenvalue weighted by Crippen LogP contribution is -2.11. The predicted molar refractivity (Wildman–Crippen MR) is 56.6 cm³/mol. The zero-order chi connectivity index (χ0) is 10.8. The molecule has 0 amide bonds. The highest BCUT2D eigenvalue weighted by molar-refractivity contribution is 7.87. The van der Waals surface area contributed by atoms with Crippen molar-refractivity contribution in [2.45, 2.75) is 6.92 Å². The van der Waals surface area contributed by atoms with Crippen LogP contribution in [0.3, 0.4) is 0 Å². The lowest BCUT2D eigenvalue weighted by Gasteiger charge is -2.05. The molecule has 1 aromatic rings. The fourth-order valence-electron chi connectivity index (χ4n) is 0.734. The monoisotopic (exact) mass is 254 g/mol. The first-order valence-electron chi connectivity index (χ1n) is 3.82. The number of hydrogen-bond donors (Lipinski definition) is 0. The van der Waals surface area contributed by atoms with E-state index >= 15 is 0 Å². The van der Waals surface area contributed by atoms with Crippen molar-refractivity contribution in [2.24, 2.45) is 0 Å². The van der Waals surface area contributed by atoms with E-state index in [1.54, 1.807) is 0 Å². The highest BCUT2D eigenvalue weighted by Gasteiger charge is 2.10. The first-order chi connectivity index (χ1) is 6.44. The van der Waals surface area contributed by atoms with E-state index in [4.69, 9.17) is 27.4 Å². The summed E-state index contributed by atoms with van der Waals surface area (Å²) >= 11 is 11.3. The van der Waals surface area contributed by atoms with Crippen molar-refractivity contribution in [1.29, 1.82) is 0 Å². The Labute approximate surface area is 92.7 Å². The van der Waals surface area contributed by atoms with Gasteiger partial charge in [-0.05, 0) is 19.1 Å². The molecule has 0 fully saturated rings. The lowest BCUT2D eigenvalue weighted by molar-refractivity contribution is 0.487. The summed E-state index contributed by atoms with van der Waals surface area (Å²) in [6.45, 7) is 1.49. The van der Waals surface area contributed by atoms with Gasteiger partial charge < -0.3 is 4.18 Å². The second kappa shape index (κ2) is 4.38. The molecule has 0 saturated heterocycles. The molecule has 0 aliphatic rings. The summed E-state index contributed by atoms with van der Waals surface area (Å²) in [5.41, 5.74) is 0. The van der Waals surface area contributed by atoms with Gasteiger partial charge in [0.15, 0.2) is 0 Å². The number of halogens is 2. The summed E-state index contributed by atoms with van der Waals surface area (Å²) in [4.78, 5) is 0. The van der Waals surface area contributed by atoms with Gasteiger partial charge in [0.25, 0.3) is 0 Å². The van der Waals surface area contributed by atoms with Gasteiger partial charge in [0.1, 0.15) is 5.75 Å². The smallest absolute Gasteiger partial charge is 0.308 e. The molecule has 1 aromatic carbocycles. The third-order valence-electron chi connectivity index (χ3n) is 1.47. The summed E-state index contributed by atoms with van der Waals surface area (Å²) in [5.74, 6) is 0.0778. The maximum absolute atomic E-state index is 11.1. The van der Waals surface area contributed by atoms with Gasteiger partial charge in [0.05, 0.1) is 15.8 Å². The fourth-order valence-corrected chi connectivity index (χ4v) is 1.54. The average molecular weight is 255 g/mol. The number of hydrogen-bond acceptors (Lipinski definition) is 3. The molecule has 0 spiro atoms. The van der Waals surface area contributed by atoms with Crippen LogP contribution in [-0.2, 0) is 10.1 Å². The molecule has 0 atom stereocenters. The van der Waals surface area contributed by atoms with E-state index in [0.717, 1.165) is 0 Å². The van der Waals surface area contributed by atoms with Gasteiger partial charge in [-0.25, -0.2) is 0 Å². The highest BCUT2D eigenvalue weighted by atomic mass is 35.5. The van der Waals surface area contributed by atoms with Crippen LogP contribution in [0.1, 0.15) is 6.92 Å². The number of rotatable bonds is 3. The molecular formula is C8H8Cl2O3S. The summed E-state index contributed by atoms with van der Waals surface area (Å²) < 4.78 is 26.8. The second-order valence-corrected chi connectivity index (χ2v) is 5.18. The van der Waals surface area contributed by atoms with Gasteiger partial charge >= 0.3 is 10.1 Å². The molecule has 6 heteroatoms. The van der Waals surface area contributed by atoms with Gasteiger partial charge in [-0.2, -0.15) is 8.42 Å². The van der Waals surface area contributed by atoms with Gasteiger partial charge in [-0.1, -0.05) is 23.2 Å². The van der Waals surface area contributed by atoms with E-state index in [-0.39, 0.29) is 16.5 Å². The lowest BCUT2D eigenvalue weighted by atomic mass is 10.3. The molecule has 0 radical (unpaired) electrons. The van der Waals surface area contributed by atoms with Crippen molar-refractivity contribution in [1.82, 2.24) is 0 Å². The molecule has 0 aliphatic carbocycles. The van der Waals surface area contributed by atoms with Crippen LogP contribution in [0.2, 0.25) is 10.0 Å². The topological polar surface area (TPSA) is 43.4 Å². The Morgan fingerprint density at radius 3 is 2.43 bits per heavy atom. The van der Waals surface area contributed by atoms with Crippen LogP contribution in [0.4, 0.5) is 0 Å². The second-order valence-electron chi connectivity index (χ2n) is 2.51. The quantitative estimate of drug-likeness (QED) is 0.780. The first-order valence-corrected chi connectivity index (χ1v) is 6.15. The predicted octanol–water partition coefficient (Wildman–Crippen LogP) is 2.72. The maximum Gasteiger partial charge on any atom is 0.308 e. The maximum atomic E-state index is 11.1. The van der Waals surface area contributed by atoms with E-state index < -0.39 is 10.1 Å². The van der Waals surface area contributed by atoms with Crippen molar-refractivity contribution in [3.63, 3.8) is 0 Å². The summed E-state index contributed by atoms with van der Waals surface area (Å²) in [5, 5.41) is 0.614. The SMILES string of the molecule is CCS(=O)(=O)Oc1ccc(Cl)c(Cl)c1. The Morgan fingerprint density at radius 1 is 1.29 bits per heavy atom. The average Bonchev–Trinajstić information content (AvgIpc) is 2.11. The largest absolute Gasteiger partial charge is 0.382 e. The summed E-state index contributed by atoms with van der Waals surface area (Å²) in [6.07, 6.45) is 0. The van der Waals surface area contributed by atoms with Crippen LogP contribution >= 0.6 is 23.2 Å². The standard InChI is InChI=1S/C8H8Cl2O3S/c1-2-14(11,12)13-6-3-4-7(9)8(10)5-6/h3-5H,2H2,1H3. The Morgan fingerprint density at radius 2 is 1.93 bits per heavy atom. The summed E-state index contributed by atoms with van der Waals surface area (Å²) in [7, 11) is -3.50. The van der Waals surface area contributed by atoms with Crippen molar-refractivity contribution >= 4 is 33.3 Å². The molecule has 14 heavy (non-hydrogen) atoms. The molecule has 0 unspecified atom stereocenters. The Kier molecular flexibility index (Phi) is 3.64. The molecule has 78 valence electrons. The third kappa shape index (κ3) is 3.04. The molecule has 0 bridgehead atoms. The van der Waals surface area contributed by atoms with E-state index in [1.165, 1.54) is 25.1 Å². The molecule has 1 rings (SSSR count). The minimum atomic E-state index is -3.50. The summed E-state index contributed by atoms with van der Waals surface area (Å²) in [6, 6.07) is 4.28. The van der Waals surface area contributed by atoms with E-state index in [1.807, 2.05) is 0 Å². The van der Waals surface area contributed by atoms with Gasteiger partial charge in [-0.15, -0.1) is 0 Å². The van der Waals surface area contributed by atoms with E-state index in [0.29, 0.717) is 5.02 Å². The van der Waals surface area contributed by atoms with Crippen molar-refractivity contribution in [3.8, 4) is 5.75 Å². The zero-order valence-corrected chi connectivity index (χ0v) is 9.66.